The first-order chi connectivity index (χ1) is 14.5. The van der Waals surface area contributed by atoms with Crippen LogP contribution in [0.15, 0.2) is 42.5 Å². The molecule has 1 N–H and O–H groups in total. The van der Waals surface area contributed by atoms with Gasteiger partial charge in [0.1, 0.15) is 6.04 Å². The number of methoxy groups -OCH3 is 1. The van der Waals surface area contributed by atoms with Crippen molar-refractivity contribution in [2.45, 2.75) is 26.3 Å². The van der Waals surface area contributed by atoms with Gasteiger partial charge in [0.2, 0.25) is 15.9 Å². The summed E-state index contributed by atoms with van der Waals surface area (Å²) in [4.78, 5) is 35.3. The van der Waals surface area contributed by atoms with Gasteiger partial charge in [-0.25, -0.2) is 13.2 Å². The van der Waals surface area contributed by atoms with Crippen LogP contribution in [-0.2, 0) is 19.6 Å². The molecule has 0 unspecified atom stereocenters. The number of rotatable bonds is 8. The molecule has 1 amide bonds. The van der Waals surface area contributed by atoms with Crippen LogP contribution >= 0.6 is 0 Å². The number of non-ortho nitro benzene ring substituents is 1. The van der Waals surface area contributed by atoms with Crippen molar-refractivity contribution in [3.63, 3.8) is 0 Å². The van der Waals surface area contributed by atoms with Gasteiger partial charge in [-0.2, -0.15) is 0 Å². The summed E-state index contributed by atoms with van der Waals surface area (Å²) in [5, 5.41) is 13.8. The van der Waals surface area contributed by atoms with Crippen molar-refractivity contribution in [1.29, 1.82) is 0 Å². The van der Waals surface area contributed by atoms with Crippen LogP contribution in [0.4, 0.5) is 17.1 Å². The van der Waals surface area contributed by atoms with Gasteiger partial charge < -0.3 is 10.1 Å². The van der Waals surface area contributed by atoms with Gasteiger partial charge in [-0.3, -0.25) is 19.2 Å². The molecule has 0 saturated heterocycles. The van der Waals surface area contributed by atoms with Gasteiger partial charge in [0, 0.05) is 17.8 Å². The number of carbonyl (C=O) groups excluding carboxylic acids is 2. The fourth-order valence-corrected chi connectivity index (χ4v) is 4.31. The Labute approximate surface area is 180 Å². The molecular weight excluding hydrogens is 426 g/mol. The van der Waals surface area contributed by atoms with Crippen molar-refractivity contribution in [1.82, 2.24) is 0 Å². The Morgan fingerprint density at radius 3 is 2.45 bits per heavy atom. The summed E-state index contributed by atoms with van der Waals surface area (Å²) in [7, 11) is -2.75. The molecule has 31 heavy (non-hydrogen) atoms. The maximum atomic E-state index is 13.0. The number of sulfonamides is 1. The average molecular weight is 449 g/mol. The highest BCUT2D eigenvalue weighted by Gasteiger charge is 2.33. The van der Waals surface area contributed by atoms with Gasteiger partial charge in [0.15, 0.2) is 0 Å². The molecule has 0 fully saturated rings. The van der Waals surface area contributed by atoms with E-state index in [1.54, 1.807) is 26.0 Å². The number of nitro benzene ring substituents is 1. The largest absolute Gasteiger partial charge is 0.465 e. The summed E-state index contributed by atoms with van der Waals surface area (Å²) in [6, 6.07) is 8.63. The number of nitro groups is 1. The van der Waals surface area contributed by atoms with E-state index < -0.39 is 32.9 Å². The van der Waals surface area contributed by atoms with Crippen LogP contribution in [0.5, 0.6) is 0 Å². The zero-order valence-electron chi connectivity index (χ0n) is 17.5. The van der Waals surface area contributed by atoms with Gasteiger partial charge in [-0.05, 0) is 37.1 Å². The SMILES string of the molecule is CC[C@@H](C(=O)Nc1cccc(C(=O)OC)c1)N(c1cc([N+](=O)[O-])ccc1C)S(C)(=O)=O. The van der Waals surface area contributed by atoms with Gasteiger partial charge in [-0.15, -0.1) is 0 Å². The molecule has 10 nitrogen and oxygen atoms in total. The molecule has 166 valence electrons. The third-order valence-corrected chi connectivity index (χ3v) is 5.69. The Hall–Kier alpha value is -3.47. The molecule has 0 saturated carbocycles. The molecule has 0 spiro atoms. The van der Waals surface area contributed by atoms with E-state index >= 15 is 0 Å². The predicted octanol–water partition coefficient (Wildman–Crippen LogP) is 2.87. The smallest absolute Gasteiger partial charge is 0.337 e. The highest BCUT2D eigenvalue weighted by Crippen LogP contribution is 2.30. The minimum Gasteiger partial charge on any atom is -0.465 e. The molecule has 0 radical (unpaired) electrons. The van der Waals surface area contributed by atoms with Crippen LogP contribution in [0, 0.1) is 17.0 Å². The zero-order chi connectivity index (χ0) is 23.3. The summed E-state index contributed by atoms with van der Waals surface area (Å²) in [5.74, 6) is -1.24. The first-order valence-electron chi connectivity index (χ1n) is 9.23. The van der Waals surface area contributed by atoms with Crippen LogP contribution in [0.3, 0.4) is 0 Å². The molecule has 0 heterocycles. The Morgan fingerprint density at radius 1 is 1.23 bits per heavy atom. The van der Waals surface area contributed by atoms with E-state index in [2.05, 4.69) is 10.1 Å². The summed E-state index contributed by atoms with van der Waals surface area (Å²) in [6.07, 6.45) is 1.02. The highest BCUT2D eigenvalue weighted by atomic mass is 32.2. The third-order valence-electron chi connectivity index (χ3n) is 4.52. The molecule has 0 aliphatic carbocycles. The van der Waals surface area contributed by atoms with Crippen molar-refractivity contribution in [2.75, 3.05) is 23.0 Å². The zero-order valence-corrected chi connectivity index (χ0v) is 18.3. The van der Waals surface area contributed by atoms with Gasteiger partial charge in [0.05, 0.1) is 29.5 Å². The fraction of sp³-hybridized carbons (Fsp3) is 0.300. The van der Waals surface area contributed by atoms with Crippen LogP contribution < -0.4 is 9.62 Å². The second kappa shape index (κ2) is 9.56. The molecule has 0 bridgehead atoms. The Bertz CT molecular complexity index is 1120. The standard InChI is InChI=1S/C20H23N3O7S/c1-5-17(19(24)21-15-8-6-7-14(11-15)20(25)30-3)22(31(4,28)29)18-12-16(23(26)27)10-9-13(18)2/h6-12,17H,5H2,1-4H3,(H,21,24)/t17-/m0/s1. The fourth-order valence-electron chi connectivity index (χ4n) is 3.05. The molecule has 0 aliphatic rings. The topological polar surface area (TPSA) is 136 Å². The number of carbonyl (C=O) groups is 2. The lowest BCUT2D eigenvalue weighted by molar-refractivity contribution is -0.384. The molecule has 2 rings (SSSR count). The van der Waals surface area contributed by atoms with Crippen molar-refractivity contribution >= 4 is 39.0 Å². The van der Waals surface area contributed by atoms with Gasteiger partial charge in [-0.1, -0.05) is 19.1 Å². The van der Waals surface area contributed by atoms with Crippen molar-refractivity contribution in [3.8, 4) is 0 Å². The minimum atomic E-state index is -3.98. The monoisotopic (exact) mass is 449 g/mol. The summed E-state index contributed by atoms with van der Waals surface area (Å²) < 4.78 is 30.8. The van der Waals surface area contributed by atoms with Crippen LogP contribution in [-0.4, -0.2) is 44.6 Å². The molecule has 11 heteroatoms. The number of hydrogen-bond donors (Lipinski definition) is 1. The van der Waals surface area contributed by atoms with Gasteiger partial charge >= 0.3 is 5.97 Å². The number of amides is 1. The number of benzene rings is 2. The lowest BCUT2D eigenvalue weighted by Crippen LogP contribution is -2.47. The van der Waals surface area contributed by atoms with Crippen LogP contribution in [0.25, 0.3) is 0 Å². The number of ether oxygens (including phenoxy) is 1. The van der Waals surface area contributed by atoms with Crippen LogP contribution in [0.1, 0.15) is 29.3 Å². The third kappa shape index (κ3) is 5.57. The Balaban J connectivity index is 2.47. The van der Waals surface area contributed by atoms with E-state index in [1.807, 2.05) is 0 Å². The summed E-state index contributed by atoms with van der Waals surface area (Å²) in [5.41, 5.74) is 0.686. The van der Waals surface area contributed by atoms with Crippen LogP contribution in [0.2, 0.25) is 0 Å². The highest BCUT2D eigenvalue weighted by molar-refractivity contribution is 7.92. The second-order valence-corrected chi connectivity index (χ2v) is 8.63. The van der Waals surface area contributed by atoms with Gasteiger partial charge in [0.25, 0.3) is 5.69 Å². The molecular formula is C20H23N3O7S. The van der Waals surface area contributed by atoms with Crippen molar-refractivity contribution < 1.29 is 27.7 Å². The first-order valence-corrected chi connectivity index (χ1v) is 11.1. The number of nitrogens with zero attached hydrogens (tertiary/aromatic N) is 2. The maximum absolute atomic E-state index is 13.0. The molecule has 0 aliphatic heterocycles. The van der Waals surface area contributed by atoms with E-state index in [1.165, 1.54) is 31.4 Å². The van der Waals surface area contributed by atoms with E-state index in [0.29, 0.717) is 5.56 Å². The summed E-state index contributed by atoms with van der Waals surface area (Å²) in [6.45, 7) is 3.22. The normalized spacial score (nSPS) is 12.0. The molecule has 2 aromatic rings. The van der Waals surface area contributed by atoms with E-state index in [-0.39, 0.29) is 29.0 Å². The molecule has 1 atom stereocenters. The number of anilines is 2. The predicted molar refractivity (Wildman–Crippen MR) is 116 cm³/mol. The average Bonchev–Trinajstić information content (AvgIpc) is 2.71. The first kappa shape index (κ1) is 23.8. The maximum Gasteiger partial charge on any atom is 0.337 e. The van der Waals surface area contributed by atoms with Crippen molar-refractivity contribution in [3.05, 3.63) is 63.7 Å². The molecule has 2 aromatic carbocycles. The number of esters is 1. The second-order valence-electron chi connectivity index (χ2n) is 6.77. The number of nitrogens with one attached hydrogen (secondary N) is 1. The lowest BCUT2D eigenvalue weighted by Gasteiger charge is -2.31. The Morgan fingerprint density at radius 2 is 1.90 bits per heavy atom. The Kier molecular flexibility index (Phi) is 7.34. The summed E-state index contributed by atoms with van der Waals surface area (Å²) >= 11 is 0. The van der Waals surface area contributed by atoms with E-state index in [9.17, 15) is 28.1 Å². The van der Waals surface area contributed by atoms with Crippen molar-refractivity contribution in [2.24, 2.45) is 0 Å². The number of hydrogen-bond acceptors (Lipinski definition) is 7. The quantitative estimate of drug-likeness (QED) is 0.372. The lowest BCUT2D eigenvalue weighted by atomic mass is 10.1. The number of aryl methyl sites for hydroxylation is 1. The van der Waals surface area contributed by atoms with E-state index in [4.69, 9.17) is 0 Å². The molecule has 0 aromatic heterocycles. The minimum absolute atomic E-state index is 0.0435. The van der Waals surface area contributed by atoms with E-state index in [0.717, 1.165) is 16.6 Å².